The molecule has 26 heavy (non-hydrogen) atoms. The third-order valence-corrected chi connectivity index (χ3v) is 4.34. The molecule has 4 rings (SSSR count). The molecule has 0 aliphatic carbocycles. The zero-order chi connectivity index (χ0) is 18.1. The van der Waals surface area contributed by atoms with Gasteiger partial charge in [-0.25, -0.2) is 14.6 Å². The van der Waals surface area contributed by atoms with Gasteiger partial charge in [-0.2, -0.15) is 5.10 Å². The summed E-state index contributed by atoms with van der Waals surface area (Å²) in [6.45, 7) is 4.16. The number of aromatic nitrogens is 4. The average molecular weight is 346 g/mol. The van der Waals surface area contributed by atoms with Gasteiger partial charge in [0.2, 0.25) is 5.88 Å². The van der Waals surface area contributed by atoms with Gasteiger partial charge >= 0.3 is 0 Å². The van der Waals surface area contributed by atoms with Crippen LogP contribution in [0.3, 0.4) is 0 Å². The van der Waals surface area contributed by atoms with Gasteiger partial charge in [0.05, 0.1) is 19.0 Å². The van der Waals surface area contributed by atoms with Crippen molar-refractivity contribution in [3.8, 4) is 23.1 Å². The third-order valence-electron chi connectivity index (χ3n) is 4.34. The molecule has 0 radical (unpaired) electrons. The second-order valence-electron chi connectivity index (χ2n) is 5.99. The monoisotopic (exact) mass is 346 g/mol. The number of hydrogen-bond acceptors (Lipinski definition) is 5. The van der Waals surface area contributed by atoms with Crippen molar-refractivity contribution in [3.05, 3.63) is 66.1 Å². The van der Waals surface area contributed by atoms with Crippen LogP contribution in [0.25, 0.3) is 16.7 Å². The Balaban J connectivity index is 1.79. The Morgan fingerprint density at radius 3 is 2.50 bits per heavy atom. The number of benzene rings is 2. The Labute approximate surface area is 151 Å². The highest BCUT2D eigenvalue weighted by atomic mass is 16.5. The minimum absolute atomic E-state index is 0.439. The molecule has 4 aromatic rings. The van der Waals surface area contributed by atoms with E-state index in [-0.39, 0.29) is 0 Å². The molecule has 0 bridgehead atoms. The van der Waals surface area contributed by atoms with Crippen LogP contribution in [-0.2, 0) is 0 Å². The van der Waals surface area contributed by atoms with Crippen molar-refractivity contribution in [1.29, 1.82) is 0 Å². The highest BCUT2D eigenvalue weighted by molar-refractivity contribution is 5.81. The van der Waals surface area contributed by atoms with E-state index in [0.717, 1.165) is 11.1 Å². The molecule has 130 valence electrons. The topological polar surface area (TPSA) is 62.1 Å². The van der Waals surface area contributed by atoms with E-state index >= 15 is 0 Å². The van der Waals surface area contributed by atoms with Crippen molar-refractivity contribution in [3.63, 3.8) is 0 Å². The minimum Gasteiger partial charge on any atom is -0.493 e. The second kappa shape index (κ2) is 6.48. The number of fused-ring (bicyclic) bond motifs is 1. The molecule has 0 aliphatic rings. The van der Waals surface area contributed by atoms with E-state index in [1.165, 1.54) is 17.5 Å². The van der Waals surface area contributed by atoms with Crippen LogP contribution in [-0.4, -0.2) is 26.9 Å². The van der Waals surface area contributed by atoms with Crippen molar-refractivity contribution in [1.82, 2.24) is 19.7 Å². The molecule has 0 spiro atoms. The Morgan fingerprint density at radius 1 is 0.923 bits per heavy atom. The summed E-state index contributed by atoms with van der Waals surface area (Å²) in [5.74, 6) is 1.67. The largest absolute Gasteiger partial charge is 0.493 e. The summed E-state index contributed by atoms with van der Waals surface area (Å²) in [5, 5.41) is 5.22. The van der Waals surface area contributed by atoms with Gasteiger partial charge in [0.25, 0.3) is 0 Å². The Kier molecular flexibility index (Phi) is 4.01. The van der Waals surface area contributed by atoms with Gasteiger partial charge in [-0.1, -0.05) is 18.2 Å². The van der Waals surface area contributed by atoms with Gasteiger partial charge in [0, 0.05) is 0 Å². The maximum absolute atomic E-state index is 5.98. The molecule has 0 aliphatic heterocycles. The first-order valence-electron chi connectivity index (χ1n) is 8.24. The van der Waals surface area contributed by atoms with E-state index in [0.29, 0.717) is 23.0 Å². The number of aryl methyl sites for hydroxylation is 2. The fraction of sp³-hybridized carbons (Fsp3) is 0.150. The van der Waals surface area contributed by atoms with Crippen LogP contribution in [0.5, 0.6) is 17.4 Å². The lowest BCUT2D eigenvalue weighted by Crippen LogP contribution is -1.99. The maximum Gasteiger partial charge on any atom is 0.233 e. The zero-order valence-corrected chi connectivity index (χ0v) is 14.8. The molecule has 0 unspecified atom stereocenters. The molecule has 0 saturated carbocycles. The summed E-state index contributed by atoms with van der Waals surface area (Å²) in [6.07, 6.45) is 3.20. The molecule has 6 nitrogen and oxygen atoms in total. The predicted octanol–water partition coefficient (Wildman–Crippen LogP) is 4.23. The fourth-order valence-corrected chi connectivity index (χ4v) is 2.76. The van der Waals surface area contributed by atoms with Crippen LogP contribution in [0.2, 0.25) is 0 Å². The van der Waals surface area contributed by atoms with E-state index < -0.39 is 0 Å². The normalized spacial score (nSPS) is 10.9. The molecular formula is C20H18N4O2. The van der Waals surface area contributed by atoms with Gasteiger partial charge in [0.15, 0.2) is 17.1 Å². The predicted molar refractivity (Wildman–Crippen MR) is 99.2 cm³/mol. The van der Waals surface area contributed by atoms with Crippen molar-refractivity contribution in [2.45, 2.75) is 13.8 Å². The molecule has 2 heterocycles. The van der Waals surface area contributed by atoms with Crippen molar-refractivity contribution >= 4 is 11.0 Å². The van der Waals surface area contributed by atoms with Crippen LogP contribution in [0.15, 0.2) is 55.0 Å². The summed E-state index contributed by atoms with van der Waals surface area (Å²) in [5.41, 5.74) is 4.07. The van der Waals surface area contributed by atoms with E-state index in [2.05, 4.69) is 41.0 Å². The van der Waals surface area contributed by atoms with Crippen LogP contribution in [0, 0.1) is 13.8 Å². The molecule has 0 N–H and O–H groups in total. The molecule has 0 fully saturated rings. The Hall–Kier alpha value is -3.41. The summed E-state index contributed by atoms with van der Waals surface area (Å²) in [7, 11) is 1.61. The number of hydrogen-bond donors (Lipinski definition) is 0. The van der Waals surface area contributed by atoms with E-state index in [1.807, 2.05) is 30.3 Å². The first-order chi connectivity index (χ1) is 12.7. The van der Waals surface area contributed by atoms with Crippen molar-refractivity contribution in [2.24, 2.45) is 0 Å². The lowest BCUT2D eigenvalue weighted by atomic mass is 10.1. The van der Waals surface area contributed by atoms with Crippen LogP contribution in [0.1, 0.15) is 11.1 Å². The lowest BCUT2D eigenvalue weighted by Gasteiger charge is -2.10. The molecule has 2 aromatic heterocycles. The van der Waals surface area contributed by atoms with Crippen molar-refractivity contribution < 1.29 is 9.47 Å². The van der Waals surface area contributed by atoms with Crippen LogP contribution < -0.4 is 9.47 Å². The Bertz CT molecular complexity index is 1090. The first kappa shape index (κ1) is 16.1. The number of methoxy groups -OCH3 is 1. The number of para-hydroxylation sites is 2. The molecule has 2 aromatic carbocycles. The molecular weight excluding hydrogens is 328 g/mol. The van der Waals surface area contributed by atoms with Gasteiger partial charge in [0.1, 0.15) is 11.7 Å². The molecule has 0 amide bonds. The van der Waals surface area contributed by atoms with Gasteiger partial charge < -0.3 is 9.47 Å². The van der Waals surface area contributed by atoms with E-state index in [4.69, 9.17) is 9.47 Å². The average Bonchev–Trinajstić information content (AvgIpc) is 3.10. The smallest absolute Gasteiger partial charge is 0.233 e. The van der Waals surface area contributed by atoms with Crippen LogP contribution in [0.4, 0.5) is 0 Å². The minimum atomic E-state index is 0.439. The molecule has 0 atom stereocenters. The third kappa shape index (κ3) is 2.75. The number of ether oxygens (including phenoxy) is 2. The Morgan fingerprint density at radius 2 is 1.73 bits per heavy atom. The zero-order valence-electron chi connectivity index (χ0n) is 14.8. The van der Waals surface area contributed by atoms with Gasteiger partial charge in [-0.05, 0) is 49.2 Å². The quantitative estimate of drug-likeness (QED) is 0.553. The fourth-order valence-electron chi connectivity index (χ4n) is 2.76. The molecule has 0 saturated heterocycles. The second-order valence-corrected chi connectivity index (χ2v) is 5.99. The highest BCUT2D eigenvalue weighted by Gasteiger charge is 2.14. The summed E-state index contributed by atoms with van der Waals surface area (Å²) >= 11 is 0. The SMILES string of the molecule is COc1ccccc1Oc1ncnc2c1cnn2-c1ccc(C)c(C)c1. The first-order valence-corrected chi connectivity index (χ1v) is 8.24. The number of rotatable bonds is 4. The van der Waals surface area contributed by atoms with Gasteiger partial charge in [-0.15, -0.1) is 0 Å². The van der Waals surface area contributed by atoms with E-state index in [9.17, 15) is 0 Å². The van der Waals surface area contributed by atoms with Gasteiger partial charge in [-0.3, -0.25) is 0 Å². The molecule has 6 heteroatoms. The summed E-state index contributed by atoms with van der Waals surface area (Å²) in [4.78, 5) is 8.67. The standard InChI is InChI=1S/C20H18N4O2/c1-13-8-9-15(10-14(13)2)24-19-16(11-23-24)20(22-12-21-19)26-18-7-5-4-6-17(18)25-3/h4-12H,1-3H3. The van der Waals surface area contributed by atoms with E-state index in [1.54, 1.807) is 18.0 Å². The van der Waals surface area contributed by atoms with Crippen LogP contribution >= 0.6 is 0 Å². The highest BCUT2D eigenvalue weighted by Crippen LogP contribution is 2.33. The van der Waals surface area contributed by atoms with Crippen molar-refractivity contribution in [2.75, 3.05) is 7.11 Å². The summed E-state index contributed by atoms with van der Waals surface area (Å²) < 4.78 is 13.1. The maximum atomic E-state index is 5.98. The number of nitrogens with zero attached hydrogens (tertiary/aromatic N) is 4. The summed E-state index contributed by atoms with van der Waals surface area (Å²) in [6, 6.07) is 13.6. The lowest BCUT2D eigenvalue weighted by molar-refractivity contribution is 0.375.